The summed E-state index contributed by atoms with van der Waals surface area (Å²) in [5, 5.41) is 28.2. The van der Waals surface area contributed by atoms with Crippen LogP contribution in [0.1, 0.15) is 202 Å². The van der Waals surface area contributed by atoms with Gasteiger partial charge in [0.15, 0.2) is 11.2 Å². The molecule has 9 heteroatoms. The molecule has 2 N–H and O–H groups in total. The molecule has 0 fully saturated rings. The summed E-state index contributed by atoms with van der Waals surface area (Å²) in [6, 6.07) is 39.1. The molecule has 0 atom stereocenters. The highest BCUT2D eigenvalue weighted by atomic mass is 16.5. The molecule has 9 aromatic rings. The zero-order valence-corrected chi connectivity index (χ0v) is 52.6. The first-order valence-electron chi connectivity index (χ1n) is 29.8. The first-order chi connectivity index (χ1) is 37.6. The Kier molecular flexibility index (Phi) is 24.2. The largest absolute Gasteiger partial charge is 0.494 e. The van der Waals surface area contributed by atoms with E-state index in [0.29, 0.717) is 27.1 Å². The van der Waals surface area contributed by atoms with Crippen molar-refractivity contribution in [2.24, 2.45) is 27.1 Å². The minimum Gasteiger partial charge on any atom is -0.494 e. The van der Waals surface area contributed by atoms with Crippen molar-refractivity contribution in [1.82, 2.24) is 30.7 Å². The summed E-state index contributed by atoms with van der Waals surface area (Å²) < 4.78 is 16.2. The third kappa shape index (κ3) is 24.2. The number of aromatic amines is 2. The summed E-state index contributed by atoms with van der Waals surface area (Å²) in [5.41, 5.74) is 13.3. The minimum atomic E-state index is 0.399. The molecule has 80 heavy (non-hydrogen) atoms. The maximum Gasteiger partial charge on any atom is 0.167 e. The quantitative estimate of drug-likeness (QED) is 0.0925. The van der Waals surface area contributed by atoms with E-state index in [1.807, 2.05) is 54.6 Å². The Bertz CT molecular complexity index is 2990. The molecule has 0 saturated carbocycles. The summed E-state index contributed by atoms with van der Waals surface area (Å²) in [5.74, 6) is 0.974. The van der Waals surface area contributed by atoms with Crippen LogP contribution in [-0.4, -0.2) is 37.3 Å². The van der Waals surface area contributed by atoms with Gasteiger partial charge in [-0.05, 0) is 190 Å². The van der Waals surface area contributed by atoms with Crippen LogP contribution in [0.5, 0.6) is 5.75 Å². The summed E-state index contributed by atoms with van der Waals surface area (Å²) in [4.78, 5) is 0. The van der Waals surface area contributed by atoms with Crippen molar-refractivity contribution < 1.29 is 13.8 Å². The molecule has 0 aliphatic heterocycles. The lowest BCUT2D eigenvalue weighted by Gasteiger charge is -2.17. The zero-order chi connectivity index (χ0) is 58.6. The van der Waals surface area contributed by atoms with Gasteiger partial charge in [0, 0.05) is 32.9 Å². The van der Waals surface area contributed by atoms with Crippen LogP contribution in [0.3, 0.4) is 0 Å². The zero-order valence-electron chi connectivity index (χ0n) is 52.6. The monoisotopic (exact) mass is 1090 g/mol. The maximum absolute atomic E-state index is 5.60. The Morgan fingerprint density at radius 1 is 0.388 bits per heavy atom. The van der Waals surface area contributed by atoms with Crippen molar-refractivity contribution in [3.63, 3.8) is 0 Å². The van der Waals surface area contributed by atoms with Crippen LogP contribution in [-0.2, 0) is 25.7 Å². The van der Waals surface area contributed by atoms with E-state index in [1.54, 1.807) is 0 Å². The summed E-state index contributed by atoms with van der Waals surface area (Å²) in [7, 11) is 0. The molecule has 0 unspecified atom stereocenters. The lowest BCUT2D eigenvalue weighted by atomic mass is 9.89. The van der Waals surface area contributed by atoms with Gasteiger partial charge < -0.3 is 13.8 Å². The Hall–Kier alpha value is -6.22. The van der Waals surface area contributed by atoms with E-state index in [-0.39, 0.29) is 0 Å². The number of rotatable bonds is 16. The summed E-state index contributed by atoms with van der Waals surface area (Å²) in [6.07, 6.45) is 16.2. The van der Waals surface area contributed by atoms with Gasteiger partial charge in [-0.1, -0.05) is 181 Å². The molecule has 0 radical (unpaired) electrons. The highest BCUT2D eigenvalue weighted by Gasteiger charge is 2.16. The van der Waals surface area contributed by atoms with Crippen LogP contribution in [0, 0.1) is 40.9 Å². The number of hydrogen-bond donors (Lipinski definition) is 2. The van der Waals surface area contributed by atoms with Gasteiger partial charge in [-0.25, -0.2) is 0 Å². The van der Waals surface area contributed by atoms with Crippen molar-refractivity contribution in [2.45, 2.75) is 208 Å². The minimum absolute atomic E-state index is 0.399. The van der Waals surface area contributed by atoms with E-state index >= 15 is 0 Å². The van der Waals surface area contributed by atoms with Crippen LogP contribution in [0.2, 0.25) is 0 Å². The molecule has 434 valence electrons. The van der Waals surface area contributed by atoms with Gasteiger partial charge in [0.1, 0.15) is 5.75 Å². The average Bonchev–Trinajstić information content (AvgIpc) is 4.18. The second-order valence-corrected chi connectivity index (χ2v) is 28.2. The number of nitrogens with one attached hydrogen (secondary N) is 2. The molecule has 5 aromatic carbocycles. The molecule has 0 saturated heterocycles. The Balaban J connectivity index is 0.000000184. The lowest BCUT2D eigenvalue weighted by Crippen LogP contribution is -2.07. The van der Waals surface area contributed by atoms with E-state index in [4.69, 9.17) is 13.8 Å². The van der Waals surface area contributed by atoms with Crippen LogP contribution in [0.15, 0.2) is 124 Å². The SMILES string of the molecule is CC(C)(C)CCCOc1ccccc1.CC(C)(C)CCCc1[nH]nc2ccccc12.CC(C)(C)CCCc1noc2ccccc12.Cc1ccc2c(CCCC(C)(C)C)[nH]nc2c1.Cc1ccc2c(CCCC(C)(C)C)noc2c1. The lowest BCUT2D eigenvalue weighted by molar-refractivity contribution is 0.269. The molecule has 0 amide bonds. The third-order valence-corrected chi connectivity index (χ3v) is 14.0. The first kappa shape index (κ1) is 64.6. The van der Waals surface area contributed by atoms with Gasteiger partial charge >= 0.3 is 0 Å². The molecule has 4 aromatic heterocycles. The van der Waals surface area contributed by atoms with E-state index in [9.17, 15) is 0 Å². The predicted molar refractivity (Wildman–Crippen MR) is 340 cm³/mol. The summed E-state index contributed by atoms with van der Waals surface area (Å²) in [6.45, 7) is 39.2. The Morgan fingerprint density at radius 2 is 0.787 bits per heavy atom. The number of ether oxygens (including phenoxy) is 1. The van der Waals surface area contributed by atoms with Crippen LogP contribution < -0.4 is 4.74 Å². The number of aryl methyl sites for hydroxylation is 6. The van der Waals surface area contributed by atoms with Gasteiger partial charge in [0.05, 0.1) is 29.0 Å². The van der Waals surface area contributed by atoms with E-state index < -0.39 is 0 Å². The molecule has 4 heterocycles. The Morgan fingerprint density at radius 3 is 1.32 bits per heavy atom. The number of aromatic nitrogens is 6. The van der Waals surface area contributed by atoms with Crippen molar-refractivity contribution in [3.8, 4) is 5.75 Å². The Labute approximate surface area is 482 Å². The van der Waals surface area contributed by atoms with E-state index in [1.165, 1.54) is 96.5 Å². The smallest absolute Gasteiger partial charge is 0.167 e. The van der Waals surface area contributed by atoms with E-state index in [0.717, 1.165) is 83.4 Å². The molecular formula is C71H102N6O3. The molecule has 0 aliphatic rings. The summed E-state index contributed by atoms with van der Waals surface area (Å²) >= 11 is 0. The van der Waals surface area contributed by atoms with Crippen LogP contribution in [0.25, 0.3) is 43.7 Å². The van der Waals surface area contributed by atoms with Gasteiger partial charge in [-0.3, -0.25) is 10.2 Å². The third-order valence-electron chi connectivity index (χ3n) is 14.0. The normalized spacial score (nSPS) is 12.1. The number of benzene rings is 5. The number of hydrogen-bond acceptors (Lipinski definition) is 7. The van der Waals surface area contributed by atoms with Gasteiger partial charge in [0.2, 0.25) is 0 Å². The van der Waals surface area contributed by atoms with Crippen molar-refractivity contribution >= 4 is 43.7 Å². The molecule has 9 rings (SSSR count). The number of nitrogens with zero attached hydrogens (tertiary/aromatic N) is 4. The van der Waals surface area contributed by atoms with Crippen LogP contribution in [0.4, 0.5) is 0 Å². The molecular weight excluding hydrogens is 985 g/mol. The molecule has 0 aliphatic carbocycles. The molecule has 9 nitrogen and oxygen atoms in total. The molecule has 0 bridgehead atoms. The van der Waals surface area contributed by atoms with Gasteiger partial charge in [-0.2, -0.15) is 10.2 Å². The topological polar surface area (TPSA) is 119 Å². The first-order valence-corrected chi connectivity index (χ1v) is 29.8. The highest BCUT2D eigenvalue weighted by Crippen LogP contribution is 2.29. The second kappa shape index (κ2) is 30.0. The number of fused-ring (bicyclic) bond motifs is 4. The fraction of sp³-hybridized carbons (Fsp3) is 0.521. The maximum atomic E-state index is 5.60. The van der Waals surface area contributed by atoms with Gasteiger partial charge in [0.25, 0.3) is 0 Å². The number of para-hydroxylation sites is 3. The molecule has 0 spiro atoms. The van der Waals surface area contributed by atoms with Crippen molar-refractivity contribution in [3.05, 3.63) is 149 Å². The second-order valence-electron chi connectivity index (χ2n) is 28.2. The highest BCUT2D eigenvalue weighted by molar-refractivity contribution is 5.83. The predicted octanol–water partition coefficient (Wildman–Crippen LogP) is 20.8. The van der Waals surface area contributed by atoms with E-state index in [2.05, 4.69) is 209 Å². The van der Waals surface area contributed by atoms with Gasteiger partial charge in [-0.15, -0.1) is 0 Å². The fourth-order valence-corrected chi connectivity index (χ4v) is 9.44. The standard InChI is InChI=1S/C15H22N2.C15H21NO.C14H20N2.C14H19NO.C13H20O/c2*1-11-7-8-12-13(16-17-14(12)10-11)6-5-9-15(2,3)4;1-14(2,3)10-6-9-13-11-7-4-5-8-12(11)15-16-13;1-14(2,3)10-6-8-12-11-7-4-5-9-13(11)16-15-12;1-13(2,3)10-7-11-14-12-8-5-4-6-9-12/h7-8,10H,5-6,9H2,1-4H3,(H,16,17);7-8,10H,5-6,9H2,1-4H3;4-5,7-8H,6,9-10H2,1-3H3,(H,15,16);4-5,7,9H,6,8,10H2,1-3H3;4-6,8-9H,7,10-11H2,1-3H3. The average molecular weight is 1090 g/mol. The fourth-order valence-electron chi connectivity index (χ4n) is 9.44. The number of H-pyrrole nitrogens is 2. The van der Waals surface area contributed by atoms with Crippen molar-refractivity contribution in [1.29, 1.82) is 0 Å². The van der Waals surface area contributed by atoms with Crippen LogP contribution >= 0.6 is 0 Å². The van der Waals surface area contributed by atoms with Crippen molar-refractivity contribution in [2.75, 3.05) is 6.61 Å².